The number of nitrogens with zero attached hydrogens (tertiary/aromatic N) is 1. The SMILES string of the molecule is CC(C)n1cc(S(=O)(=O)NC[C@@H](C)O)cc1C(=O)O. The maximum Gasteiger partial charge on any atom is 0.352 e. The lowest BCUT2D eigenvalue weighted by Crippen LogP contribution is -2.30. The van der Waals surface area contributed by atoms with Gasteiger partial charge in [-0.25, -0.2) is 17.9 Å². The molecule has 0 aliphatic heterocycles. The minimum absolute atomic E-state index is 0.0904. The molecule has 1 aromatic rings. The highest BCUT2D eigenvalue weighted by Gasteiger charge is 2.22. The van der Waals surface area contributed by atoms with Crippen LogP contribution in [-0.4, -0.2) is 41.8 Å². The Morgan fingerprint density at radius 1 is 1.42 bits per heavy atom. The van der Waals surface area contributed by atoms with Gasteiger partial charge in [-0.05, 0) is 26.8 Å². The van der Waals surface area contributed by atoms with Crippen LogP contribution in [0.4, 0.5) is 0 Å². The van der Waals surface area contributed by atoms with Crippen molar-refractivity contribution < 1.29 is 23.4 Å². The molecule has 0 amide bonds. The van der Waals surface area contributed by atoms with Crippen LogP contribution in [0.15, 0.2) is 17.2 Å². The molecule has 19 heavy (non-hydrogen) atoms. The van der Waals surface area contributed by atoms with Crippen LogP contribution in [0.5, 0.6) is 0 Å². The number of aromatic nitrogens is 1. The van der Waals surface area contributed by atoms with E-state index >= 15 is 0 Å². The zero-order valence-corrected chi connectivity index (χ0v) is 11.8. The molecular formula is C11H18N2O5S. The number of sulfonamides is 1. The Bertz CT molecular complexity index is 560. The Hall–Kier alpha value is -1.38. The van der Waals surface area contributed by atoms with Crippen molar-refractivity contribution >= 4 is 16.0 Å². The first-order valence-corrected chi connectivity index (χ1v) is 7.26. The first kappa shape index (κ1) is 15.7. The summed E-state index contributed by atoms with van der Waals surface area (Å²) in [7, 11) is -3.82. The topological polar surface area (TPSA) is 109 Å². The van der Waals surface area contributed by atoms with E-state index in [0.717, 1.165) is 6.07 Å². The molecule has 1 rings (SSSR count). The van der Waals surface area contributed by atoms with Gasteiger partial charge in [0.15, 0.2) is 0 Å². The fourth-order valence-corrected chi connectivity index (χ4v) is 2.66. The highest BCUT2D eigenvalue weighted by atomic mass is 32.2. The zero-order valence-electron chi connectivity index (χ0n) is 11.0. The molecule has 1 aromatic heterocycles. The number of hydrogen-bond donors (Lipinski definition) is 3. The summed E-state index contributed by atoms with van der Waals surface area (Å²) >= 11 is 0. The van der Waals surface area contributed by atoms with Crippen LogP contribution in [0.3, 0.4) is 0 Å². The summed E-state index contributed by atoms with van der Waals surface area (Å²) in [5, 5.41) is 18.1. The number of nitrogens with one attached hydrogen (secondary N) is 1. The minimum Gasteiger partial charge on any atom is -0.477 e. The van der Waals surface area contributed by atoms with Crippen LogP contribution < -0.4 is 4.72 Å². The van der Waals surface area contributed by atoms with E-state index in [1.807, 2.05) is 0 Å². The maximum atomic E-state index is 11.9. The number of aromatic carboxylic acids is 1. The monoisotopic (exact) mass is 290 g/mol. The highest BCUT2D eigenvalue weighted by molar-refractivity contribution is 7.89. The smallest absolute Gasteiger partial charge is 0.352 e. The summed E-state index contributed by atoms with van der Waals surface area (Å²) in [6, 6.07) is 0.930. The lowest BCUT2D eigenvalue weighted by Gasteiger charge is -2.09. The molecule has 0 aromatic carbocycles. The second kappa shape index (κ2) is 5.72. The number of aliphatic hydroxyl groups is 1. The molecule has 1 heterocycles. The predicted molar refractivity (Wildman–Crippen MR) is 68.6 cm³/mol. The van der Waals surface area contributed by atoms with E-state index in [1.165, 1.54) is 17.7 Å². The van der Waals surface area contributed by atoms with Crippen LogP contribution in [-0.2, 0) is 10.0 Å². The molecule has 0 bridgehead atoms. The molecular weight excluding hydrogens is 272 g/mol. The highest BCUT2D eigenvalue weighted by Crippen LogP contribution is 2.18. The Labute approximate surface area is 111 Å². The molecule has 3 N–H and O–H groups in total. The van der Waals surface area contributed by atoms with Gasteiger partial charge in [0.05, 0.1) is 6.10 Å². The van der Waals surface area contributed by atoms with Gasteiger partial charge >= 0.3 is 5.97 Å². The zero-order chi connectivity index (χ0) is 14.8. The van der Waals surface area contributed by atoms with Crippen LogP contribution in [0.25, 0.3) is 0 Å². The van der Waals surface area contributed by atoms with E-state index in [4.69, 9.17) is 10.2 Å². The van der Waals surface area contributed by atoms with Crippen LogP contribution >= 0.6 is 0 Å². The minimum atomic E-state index is -3.82. The van der Waals surface area contributed by atoms with Crippen molar-refractivity contribution in [2.24, 2.45) is 0 Å². The summed E-state index contributed by atoms with van der Waals surface area (Å²) in [6.07, 6.45) is 0.458. The normalized spacial score (nSPS) is 13.7. The van der Waals surface area contributed by atoms with E-state index in [9.17, 15) is 13.2 Å². The van der Waals surface area contributed by atoms with Crippen molar-refractivity contribution in [3.8, 4) is 0 Å². The quantitative estimate of drug-likeness (QED) is 0.704. The van der Waals surface area contributed by atoms with Crippen molar-refractivity contribution in [1.82, 2.24) is 9.29 Å². The van der Waals surface area contributed by atoms with Gasteiger partial charge in [-0.15, -0.1) is 0 Å². The lowest BCUT2D eigenvalue weighted by molar-refractivity contribution is 0.0683. The fraction of sp³-hybridized carbons (Fsp3) is 0.545. The lowest BCUT2D eigenvalue weighted by atomic mass is 10.3. The van der Waals surface area contributed by atoms with Gasteiger partial charge in [0.25, 0.3) is 0 Å². The van der Waals surface area contributed by atoms with Gasteiger partial charge in [0, 0.05) is 18.8 Å². The second-order valence-electron chi connectivity index (χ2n) is 4.57. The molecule has 8 heteroatoms. The Morgan fingerprint density at radius 2 is 2.00 bits per heavy atom. The van der Waals surface area contributed by atoms with Gasteiger partial charge in [-0.2, -0.15) is 0 Å². The van der Waals surface area contributed by atoms with Gasteiger partial charge in [0.1, 0.15) is 10.6 Å². The molecule has 0 saturated carbocycles. The predicted octanol–water partition coefficient (Wildman–Crippen LogP) is 0.426. The molecule has 0 radical (unpaired) electrons. The van der Waals surface area contributed by atoms with Gasteiger partial charge in [-0.1, -0.05) is 0 Å². The molecule has 0 fully saturated rings. The summed E-state index contributed by atoms with van der Waals surface area (Å²) in [4.78, 5) is 10.9. The Kier molecular flexibility index (Phi) is 4.72. The van der Waals surface area contributed by atoms with E-state index < -0.39 is 22.1 Å². The number of aliphatic hydroxyl groups excluding tert-OH is 1. The molecule has 1 atom stereocenters. The molecule has 0 aliphatic carbocycles. The third kappa shape index (κ3) is 3.79. The number of hydrogen-bond acceptors (Lipinski definition) is 4. The molecule has 0 saturated heterocycles. The number of carbonyl (C=O) groups is 1. The van der Waals surface area contributed by atoms with Crippen molar-refractivity contribution in [2.45, 2.75) is 37.8 Å². The molecule has 0 aliphatic rings. The van der Waals surface area contributed by atoms with Crippen molar-refractivity contribution in [3.63, 3.8) is 0 Å². The second-order valence-corrected chi connectivity index (χ2v) is 6.34. The first-order valence-electron chi connectivity index (χ1n) is 5.78. The average Bonchev–Trinajstić information content (AvgIpc) is 2.72. The van der Waals surface area contributed by atoms with E-state index in [0.29, 0.717) is 0 Å². The van der Waals surface area contributed by atoms with E-state index in [2.05, 4.69) is 4.72 Å². The van der Waals surface area contributed by atoms with Crippen molar-refractivity contribution in [1.29, 1.82) is 0 Å². The third-order valence-electron chi connectivity index (χ3n) is 2.48. The first-order chi connectivity index (χ1) is 8.65. The Morgan fingerprint density at radius 3 is 2.37 bits per heavy atom. The third-order valence-corrected chi connectivity index (χ3v) is 3.87. The molecule has 0 unspecified atom stereocenters. The van der Waals surface area contributed by atoms with Gasteiger partial charge in [0.2, 0.25) is 10.0 Å². The average molecular weight is 290 g/mol. The standard InChI is InChI=1S/C11H18N2O5S/c1-7(2)13-6-9(4-10(13)11(15)16)19(17,18)12-5-8(3)14/h4,6-8,12,14H,5H2,1-3H3,(H,15,16)/t8-/m1/s1. The van der Waals surface area contributed by atoms with Crippen molar-refractivity contribution in [3.05, 3.63) is 18.0 Å². The van der Waals surface area contributed by atoms with Gasteiger partial charge < -0.3 is 14.8 Å². The van der Waals surface area contributed by atoms with Crippen molar-refractivity contribution in [2.75, 3.05) is 6.54 Å². The summed E-state index contributed by atoms with van der Waals surface area (Å²) in [5.74, 6) is -1.19. The summed E-state index contributed by atoms with van der Waals surface area (Å²) in [5.41, 5.74) is -0.0904. The summed E-state index contributed by atoms with van der Waals surface area (Å²) < 4.78 is 27.4. The summed E-state index contributed by atoms with van der Waals surface area (Å²) in [6.45, 7) is 4.83. The maximum absolute atomic E-state index is 11.9. The van der Waals surface area contributed by atoms with Crippen LogP contribution in [0, 0.1) is 0 Å². The number of carboxylic acid groups (broad SMARTS) is 1. The fourth-order valence-electron chi connectivity index (χ4n) is 1.51. The molecule has 7 nitrogen and oxygen atoms in total. The number of rotatable bonds is 6. The van der Waals surface area contributed by atoms with Gasteiger partial charge in [-0.3, -0.25) is 0 Å². The largest absolute Gasteiger partial charge is 0.477 e. The number of carboxylic acids is 1. The van der Waals surface area contributed by atoms with Crippen LogP contribution in [0.1, 0.15) is 37.3 Å². The van der Waals surface area contributed by atoms with E-state index in [1.54, 1.807) is 13.8 Å². The van der Waals surface area contributed by atoms with E-state index in [-0.39, 0.29) is 23.2 Å². The van der Waals surface area contributed by atoms with Crippen LogP contribution in [0.2, 0.25) is 0 Å². The Balaban J connectivity index is 3.15. The molecule has 108 valence electrons. The molecule has 0 spiro atoms.